The molecule has 1 aliphatic heterocycles. The Morgan fingerprint density at radius 1 is 1.42 bits per heavy atom. The van der Waals surface area contributed by atoms with E-state index in [1.54, 1.807) is 7.11 Å². The van der Waals surface area contributed by atoms with E-state index in [2.05, 4.69) is 10.3 Å². The van der Waals surface area contributed by atoms with Crippen molar-refractivity contribution in [2.75, 3.05) is 19.0 Å². The Labute approximate surface area is 146 Å². The van der Waals surface area contributed by atoms with Gasteiger partial charge in [-0.25, -0.2) is 4.98 Å². The second-order valence-electron chi connectivity index (χ2n) is 5.88. The molecular weight excluding hydrogens is 324 g/mol. The van der Waals surface area contributed by atoms with E-state index >= 15 is 0 Å². The van der Waals surface area contributed by atoms with Crippen molar-refractivity contribution in [3.05, 3.63) is 40.9 Å². The highest BCUT2D eigenvalue weighted by molar-refractivity contribution is 7.15. The highest BCUT2D eigenvalue weighted by atomic mass is 32.1. The zero-order valence-electron chi connectivity index (χ0n) is 13.8. The van der Waals surface area contributed by atoms with Crippen LogP contribution >= 0.6 is 11.3 Å². The highest BCUT2D eigenvalue weighted by Gasteiger charge is 2.17. The van der Waals surface area contributed by atoms with Crippen LogP contribution in [0.25, 0.3) is 0 Å². The molecule has 0 bridgehead atoms. The Morgan fingerprint density at radius 2 is 2.25 bits per heavy atom. The van der Waals surface area contributed by atoms with E-state index < -0.39 is 0 Å². The molecule has 128 valence electrons. The molecule has 1 N–H and O–H groups in total. The summed E-state index contributed by atoms with van der Waals surface area (Å²) < 4.78 is 10.7. The van der Waals surface area contributed by atoms with Gasteiger partial charge in [-0.1, -0.05) is 12.1 Å². The summed E-state index contributed by atoms with van der Waals surface area (Å²) in [5, 5.41) is 3.55. The third-order valence-electron chi connectivity index (χ3n) is 4.05. The molecule has 1 atom stereocenters. The Hall–Kier alpha value is -1.92. The van der Waals surface area contributed by atoms with Crippen molar-refractivity contribution in [1.82, 2.24) is 4.98 Å². The quantitative estimate of drug-likeness (QED) is 0.831. The minimum absolute atomic E-state index is 0.0100. The summed E-state index contributed by atoms with van der Waals surface area (Å²) in [4.78, 5) is 17.4. The number of hydrogen-bond acceptors (Lipinski definition) is 5. The van der Waals surface area contributed by atoms with E-state index in [1.165, 1.54) is 16.9 Å². The smallest absolute Gasteiger partial charge is 0.226 e. The molecule has 5 nitrogen and oxygen atoms in total. The lowest BCUT2D eigenvalue weighted by Crippen LogP contribution is -2.15. The van der Waals surface area contributed by atoms with E-state index in [9.17, 15) is 4.79 Å². The van der Waals surface area contributed by atoms with Crippen LogP contribution in [0.5, 0.6) is 5.75 Å². The summed E-state index contributed by atoms with van der Waals surface area (Å²) in [6.07, 6.45) is 6.31. The third kappa shape index (κ3) is 4.79. The maximum absolute atomic E-state index is 12.0. The van der Waals surface area contributed by atoms with Crippen molar-refractivity contribution in [2.24, 2.45) is 0 Å². The number of thiazole rings is 1. The molecule has 0 unspecified atom stereocenters. The first-order chi connectivity index (χ1) is 11.7. The van der Waals surface area contributed by atoms with E-state index in [-0.39, 0.29) is 12.0 Å². The van der Waals surface area contributed by atoms with Gasteiger partial charge < -0.3 is 14.8 Å². The standard InChI is InChI=1S/C18H22N2O3S/c1-22-14-6-4-13(5-7-14)11-16-12-19-18(24-16)20-17(21)9-8-15-3-2-10-23-15/h4-7,12,15H,2-3,8-11H2,1H3,(H,19,20,21)/t15-/m0/s1. The number of amides is 1. The van der Waals surface area contributed by atoms with Gasteiger partial charge in [0, 0.05) is 30.5 Å². The van der Waals surface area contributed by atoms with Crippen molar-refractivity contribution in [2.45, 2.75) is 38.2 Å². The fourth-order valence-electron chi connectivity index (χ4n) is 2.74. The number of carbonyl (C=O) groups excluding carboxylic acids is 1. The number of ether oxygens (including phenoxy) is 2. The molecule has 24 heavy (non-hydrogen) atoms. The summed E-state index contributed by atoms with van der Waals surface area (Å²) >= 11 is 1.52. The molecule has 0 spiro atoms. The largest absolute Gasteiger partial charge is 0.497 e. The molecule has 1 aliphatic rings. The summed E-state index contributed by atoms with van der Waals surface area (Å²) in [5.41, 5.74) is 1.19. The first-order valence-corrected chi connectivity index (χ1v) is 9.03. The van der Waals surface area contributed by atoms with Gasteiger partial charge in [-0.3, -0.25) is 4.79 Å². The average molecular weight is 346 g/mol. The molecule has 2 aromatic rings. The monoisotopic (exact) mass is 346 g/mol. The third-order valence-corrected chi connectivity index (χ3v) is 4.97. The molecule has 1 aromatic heterocycles. The van der Waals surface area contributed by atoms with Gasteiger partial charge in [0.2, 0.25) is 5.91 Å². The maximum Gasteiger partial charge on any atom is 0.226 e. The van der Waals surface area contributed by atoms with Crippen molar-refractivity contribution < 1.29 is 14.3 Å². The lowest BCUT2D eigenvalue weighted by atomic mass is 10.1. The Balaban J connectivity index is 1.48. The summed E-state index contributed by atoms with van der Waals surface area (Å²) in [5.74, 6) is 0.859. The Kier molecular flexibility index (Phi) is 5.82. The van der Waals surface area contributed by atoms with Gasteiger partial charge >= 0.3 is 0 Å². The fraction of sp³-hybridized carbons (Fsp3) is 0.444. The number of methoxy groups -OCH3 is 1. The number of aromatic nitrogens is 1. The second kappa shape index (κ2) is 8.26. The predicted octanol–water partition coefficient (Wildman–Crippen LogP) is 3.64. The SMILES string of the molecule is COc1ccc(Cc2cnc(NC(=O)CC[C@@H]3CCCO3)s2)cc1. The Bertz CT molecular complexity index is 663. The van der Waals surface area contributed by atoms with Crippen LogP contribution in [0.15, 0.2) is 30.5 Å². The van der Waals surface area contributed by atoms with Crippen LogP contribution in [0.3, 0.4) is 0 Å². The van der Waals surface area contributed by atoms with Crippen molar-refractivity contribution in [3.63, 3.8) is 0 Å². The molecule has 1 fully saturated rings. The van der Waals surface area contributed by atoms with E-state index in [4.69, 9.17) is 9.47 Å². The number of benzene rings is 1. The summed E-state index contributed by atoms with van der Waals surface area (Å²) in [6.45, 7) is 0.827. The number of hydrogen-bond donors (Lipinski definition) is 1. The van der Waals surface area contributed by atoms with Crippen LogP contribution < -0.4 is 10.1 Å². The number of anilines is 1. The molecular formula is C18H22N2O3S. The maximum atomic E-state index is 12.0. The van der Waals surface area contributed by atoms with Gasteiger partial charge in [0.25, 0.3) is 0 Å². The lowest BCUT2D eigenvalue weighted by molar-refractivity contribution is -0.116. The molecule has 2 heterocycles. The van der Waals surface area contributed by atoms with Crippen LogP contribution in [0.1, 0.15) is 36.1 Å². The van der Waals surface area contributed by atoms with Crippen LogP contribution in [0.2, 0.25) is 0 Å². The average Bonchev–Trinajstić information content (AvgIpc) is 3.26. The van der Waals surface area contributed by atoms with Crippen LogP contribution in [0, 0.1) is 0 Å². The second-order valence-corrected chi connectivity index (χ2v) is 6.99. The van der Waals surface area contributed by atoms with E-state index in [0.717, 1.165) is 42.9 Å². The van der Waals surface area contributed by atoms with Gasteiger partial charge in [0.1, 0.15) is 5.75 Å². The van der Waals surface area contributed by atoms with E-state index in [0.29, 0.717) is 11.6 Å². The minimum Gasteiger partial charge on any atom is -0.497 e. The zero-order chi connectivity index (χ0) is 16.8. The molecule has 0 aliphatic carbocycles. The van der Waals surface area contributed by atoms with Crippen molar-refractivity contribution in [1.29, 1.82) is 0 Å². The lowest BCUT2D eigenvalue weighted by Gasteiger charge is -2.07. The normalized spacial score (nSPS) is 17.0. The number of carbonyl (C=O) groups is 1. The fourth-order valence-corrected chi connectivity index (χ4v) is 3.60. The van der Waals surface area contributed by atoms with Gasteiger partial charge in [-0.2, -0.15) is 0 Å². The van der Waals surface area contributed by atoms with Crippen LogP contribution in [-0.4, -0.2) is 30.7 Å². The highest BCUT2D eigenvalue weighted by Crippen LogP contribution is 2.23. The topological polar surface area (TPSA) is 60.5 Å². The van der Waals surface area contributed by atoms with Gasteiger partial charge in [-0.15, -0.1) is 11.3 Å². The van der Waals surface area contributed by atoms with Crippen LogP contribution in [-0.2, 0) is 16.0 Å². The first-order valence-electron chi connectivity index (χ1n) is 8.22. The van der Waals surface area contributed by atoms with Gasteiger partial charge in [-0.05, 0) is 37.0 Å². The number of rotatable bonds is 7. The van der Waals surface area contributed by atoms with Crippen molar-refractivity contribution in [3.8, 4) is 5.75 Å². The van der Waals surface area contributed by atoms with Gasteiger partial charge in [0.05, 0.1) is 13.2 Å². The molecule has 1 aromatic carbocycles. The van der Waals surface area contributed by atoms with Crippen LogP contribution in [0.4, 0.5) is 5.13 Å². The van der Waals surface area contributed by atoms with Gasteiger partial charge in [0.15, 0.2) is 5.13 Å². The molecule has 6 heteroatoms. The molecule has 0 radical (unpaired) electrons. The summed E-state index contributed by atoms with van der Waals surface area (Å²) in [7, 11) is 1.66. The molecule has 3 rings (SSSR count). The molecule has 0 saturated carbocycles. The van der Waals surface area contributed by atoms with Crippen molar-refractivity contribution >= 4 is 22.4 Å². The number of nitrogens with one attached hydrogen (secondary N) is 1. The molecule has 1 amide bonds. The molecule has 1 saturated heterocycles. The van der Waals surface area contributed by atoms with E-state index in [1.807, 2.05) is 30.5 Å². The summed E-state index contributed by atoms with van der Waals surface area (Å²) in [6, 6.07) is 7.98. The minimum atomic E-state index is 0.0100. The Morgan fingerprint density at radius 3 is 2.96 bits per heavy atom. The first kappa shape index (κ1) is 16.9. The predicted molar refractivity (Wildman–Crippen MR) is 94.8 cm³/mol. The number of nitrogens with zero attached hydrogens (tertiary/aromatic N) is 1. The zero-order valence-corrected chi connectivity index (χ0v) is 14.6.